The quantitative estimate of drug-likeness (QED) is 0.382. The van der Waals surface area contributed by atoms with Crippen LogP contribution in [0, 0.1) is 6.92 Å². The number of anilines is 1. The summed E-state index contributed by atoms with van der Waals surface area (Å²) in [6, 6.07) is 12.1. The lowest BCUT2D eigenvalue weighted by Crippen LogP contribution is -2.29. The first-order valence-electron chi connectivity index (χ1n) is 10.2. The van der Waals surface area contributed by atoms with Crippen molar-refractivity contribution in [3.63, 3.8) is 0 Å². The molecule has 32 heavy (non-hydrogen) atoms. The number of hydrogen-bond acceptors (Lipinski definition) is 6. The Balaban J connectivity index is 1.77. The summed E-state index contributed by atoms with van der Waals surface area (Å²) in [4.78, 5) is 28.6. The van der Waals surface area contributed by atoms with Crippen molar-refractivity contribution in [2.75, 3.05) is 4.90 Å². The zero-order valence-corrected chi connectivity index (χ0v) is 19.5. The van der Waals surface area contributed by atoms with Gasteiger partial charge in [0.25, 0.3) is 5.91 Å². The number of carbonyl (C=O) groups is 1. The van der Waals surface area contributed by atoms with E-state index in [0.29, 0.717) is 26.7 Å². The molecule has 0 bridgehead atoms. The van der Waals surface area contributed by atoms with E-state index in [4.69, 9.17) is 16.0 Å². The molecule has 5 rings (SSSR count). The maximum atomic E-state index is 13.6. The Labute approximate surface area is 193 Å². The fourth-order valence-corrected chi connectivity index (χ4v) is 4.89. The Morgan fingerprint density at radius 2 is 1.78 bits per heavy atom. The number of nitrogens with zero attached hydrogens (tertiary/aromatic N) is 3. The van der Waals surface area contributed by atoms with Crippen LogP contribution in [0.25, 0.3) is 11.0 Å². The summed E-state index contributed by atoms with van der Waals surface area (Å²) >= 11 is 7.43. The van der Waals surface area contributed by atoms with Gasteiger partial charge >= 0.3 is 0 Å². The molecule has 0 unspecified atom stereocenters. The highest BCUT2D eigenvalue weighted by Crippen LogP contribution is 2.42. The van der Waals surface area contributed by atoms with Gasteiger partial charge in [-0.25, -0.2) is 0 Å². The molecule has 1 aliphatic heterocycles. The number of aromatic nitrogens is 2. The van der Waals surface area contributed by atoms with Gasteiger partial charge in [0, 0.05) is 5.02 Å². The SMILES string of the molecule is Cc1nnc(N2C(=O)c3oc4ccc(Cl)cc4c(=O)c3[C@@H]2c2ccc(C(C)(C)C)cc2)s1. The van der Waals surface area contributed by atoms with Gasteiger partial charge in [-0.2, -0.15) is 0 Å². The Bertz CT molecular complexity index is 1430. The van der Waals surface area contributed by atoms with Crippen LogP contribution >= 0.6 is 22.9 Å². The zero-order valence-electron chi connectivity index (χ0n) is 18.0. The monoisotopic (exact) mass is 465 g/mol. The van der Waals surface area contributed by atoms with Crippen LogP contribution in [-0.4, -0.2) is 16.1 Å². The molecule has 0 aliphatic carbocycles. The molecule has 8 heteroatoms. The lowest BCUT2D eigenvalue weighted by Gasteiger charge is -2.24. The number of halogens is 1. The third-order valence-corrected chi connectivity index (χ3v) is 6.72. The molecule has 4 aromatic rings. The predicted octanol–water partition coefficient (Wildman–Crippen LogP) is 5.65. The summed E-state index contributed by atoms with van der Waals surface area (Å²) < 4.78 is 5.95. The highest BCUT2D eigenvalue weighted by atomic mass is 35.5. The normalized spacial score (nSPS) is 16.1. The largest absolute Gasteiger partial charge is 0.450 e. The van der Waals surface area contributed by atoms with E-state index in [1.807, 2.05) is 31.2 Å². The van der Waals surface area contributed by atoms with Crippen LogP contribution < -0.4 is 10.3 Å². The molecule has 1 amide bonds. The van der Waals surface area contributed by atoms with Crippen molar-refractivity contribution < 1.29 is 9.21 Å². The first-order valence-corrected chi connectivity index (χ1v) is 11.3. The molecular formula is C24H20ClN3O3S. The summed E-state index contributed by atoms with van der Waals surface area (Å²) in [6.07, 6.45) is 0. The summed E-state index contributed by atoms with van der Waals surface area (Å²) in [5, 5.41) is 10.2. The van der Waals surface area contributed by atoms with Gasteiger partial charge in [0.05, 0.1) is 17.0 Å². The van der Waals surface area contributed by atoms with Crippen LogP contribution in [0.3, 0.4) is 0 Å². The highest BCUT2D eigenvalue weighted by Gasteiger charge is 2.45. The molecule has 3 heterocycles. The highest BCUT2D eigenvalue weighted by molar-refractivity contribution is 7.15. The smallest absolute Gasteiger partial charge is 0.297 e. The topological polar surface area (TPSA) is 76.3 Å². The van der Waals surface area contributed by atoms with Crippen molar-refractivity contribution >= 4 is 44.9 Å². The van der Waals surface area contributed by atoms with Crippen molar-refractivity contribution in [2.45, 2.75) is 39.2 Å². The Morgan fingerprint density at radius 1 is 1.06 bits per heavy atom. The van der Waals surface area contributed by atoms with Crippen LogP contribution in [0.5, 0.6) is 0 Å². The summed E-state index contributed by atoms with van der Waals surface area (Å²) in [7, 11) is 0. The van der Waals surface area contributed by atoms with Gasteiger partial charge in [0.15, 0.2) is 5.43 Å². The number of aryl methyl sites for hydroxylation is 1. The average molecular weight is 466 g/mol. The molecule has 2 aromatic heterocycles. The fraction of sp³-hybridized carbons (Fsp3) is 0.250. The van der Waals surface area contributed by atoms with Crippen molar-refractivity contribution in [2.24, 2.45) is 0 Å². The van der Waals surface area contributed by atoms with Gasteiger partial charge in [0.2, 0.25) is 10.9 Å². The van der Waals surface area contributed by atoms with E-state index in [2.05, 4.69) is 31.0 Å². The van der Waals surface area contributed by atoms with Crippen LogP contribution in [-0.2, 0) is 5.41 Å². The van der Waals surface area contributed by atoms with Gasteiger partial charge in [-0.1, -0.05) is 68.0 Å². The molecule has 0 spiro atoms. The van der Waals surface area contributed by atoms with Gasteiger partial charge in [-0.15, -0.1) is 10.2 Å². The fourth-order valence-electron chi connectivity index (χ4n) is 4.01. The van der Waals surface area contributed by atoms with E-state index >= 15 is 0 Å². The van der Waals surface area contributed by atoms with E-state index in [9.17, 15) is 9.59 Å². The molecular weight excluding hydrogens is 446 g/mol. The minimum atomic E-state index is -0.668. The number of amides is 1. The lowest BCUT2D eigenvalue weighted by atomic mass is 9.86. The molecule has 0 saturated heterocycles. The molecule has 0 radical (unpaired) electrons. The van der Waals surface area contributed by atoms with E-state index in [1.54, 1.807) is 18.2 Å². The third kappa shape index (κ3) is 3.24. The average Bonchev–Trinajstić information content (AvgIpc) is 3.29. The van der Waals surface area contributed by atoms with Gasteiger partial charge in [0.1, 0.15) is 10.6 Å². The molecule has 1 aliphatic rings. The molecule has 0 N–H and O–H groups in total. The number of benzene rings is 2. The number of hydrogen-bond donors (Lipinski definition) is 0. The zero-order chi connectivity index (χ0) is 22.8. The maximum absolute atomic E-state index is 13.6. The number of rotatable bonds is 2. The molecule has 6 nitrogen and oxygen atoms in total. The third-order valence-electron chi connectivity index (χ3n) is 5.65. The minimum Gasteiger partial charge on any atom is -0.450 e. The summed E-state index contributed by atoms with van der Waals surface area (Å²) in [6.45, 7) is 8.23. The number of carbonyl (C=O) groups excluding carboxylic acids is 1. The molecule has 2 aromatic carbocycles. The first-order chi connectivity index (χ1) is 15.1. The first kappa shape index (κ1) is 20.8. The van der Waals surface area contributed by atoms with Crippen LogP contribution in [0.2, 0.25) is 5.02 Å². The number of fused-ring (bicyclic) bond motifs is 2. The molecule has 162 valence electrons. The van der Waals surface area contributed by atoms with E-state index in [1.165, 1.54) is 16.2 Å². The summed E-state index contributed by atoms with van der Waals surface area (Å²) in [5.41, 5.74) is 2.27. The minimum absolute atomic E-state index is 0.0239. The van der Waals surface area contributed by atoms with Gasteiger partial charge in [-0.3, -0.25) is 14.5 Å². The predicted molar refractivity (Wildman–Crippen MR) is 126 cm³/mol. The van der Waals surface area contributed by atoms with Crippen LogP contribution in [0.15, 0.2) is 51.7 Å². The van der Waals surface area contributed by atoms with Crippen molar-refractivity contribution in [3.05, 3.63) is 85.2 Å². The maximum Gasteiger partial charge on any atom is 0.297 e. The molecule has 1 atom stereocenters. The lowest BCUT2D eigenvalue weighted by molar-refractivity contribution is 0.0970. The van der Waals surface area contributed by atoms with Crippen molar-refractivity contribution in [3.8, 4) is 0 Å². The van der Waals surface area contributed by atoms with E-state index < -0.39 is 11.9 Å². The molecule has 0 fully saturated rings. The standard InChI is InChI=1S/C24H20ClN3O3S/c1-12-26-27-23(32-12)28-19(13-5-7-14(8-6-13)24(2,3)4)18-20(29)16-11-15(25)9-10-17(16)31-21(18)22(28)30/h5-11,19H,1-4H3/t19-/m0/s1. The van der Waals surface area contributed by atoms with Crippen molar-refractivity contribution in [1.82, 2.24) is 10.2 Å². The Hall–Kier alpha value is -3.03. The van der Waals surface area contributed by atoms with Gasteiger partial charge < -0.3 is 4.42 Å². The second kappa shape index (κ2) is 7.25. The molecule has 0 saturated carbocycles. The second-order valence-corrected chi connectivity index (χ2v) is 10.5. The summed E-state index contributed by atoms with van der Waals surface area (Å²) in [5.74, 6) is -0.377. The Morgan fingerprint density at radius 3 is 2.41 bits per heavy atom. The van der Waals surface area contributed by atoms with Gasteiger partial charge in [-0.05, 0) is 41.7 Å². The second-order valence-electron chi connectivity index (χ2n) is 8.87. The Kier molecular flexibility index (Phi) is 4.72. The van der Waals surface area contributed by atoms with Crippen LogP contribution in [0.1, 0.15) is 59.1 Å². The van der Waals surface area contributed by atoms with Crippen LogP contribution in [0.4, 0.5) is 5.13 Å². The van der Waals surface area contributed by atoms with Crippen molar-refractivity contribution in [1.29, 1.82) is 0 Å². The van der Waals surface area contributed by atoms with E-state index in [0.717, 1.165) is 16.1 Å². The van der Waals surface area contributed by atoms with E-state index in [-0.39, 0.29) is 16.6 Å².